The summed E-state index contributed by atoms with van der Waals surface area (Å²) in [5.74, 6) is 0.904. The number of hydrogen-bond donors (Lipinski definition) is 0. The Labute approximate surface area is 160 Å². The van der Waals surface area contributed by atoms with Gasteiger partial charge in [-0.05, 0) is 31.4 Å². The third-order valence-corrected chi connectivity index (χ3v) is 6.43. The van der Waals surface area contributed by atoms with Crippen molar-refractivity contribution in [2.24, 2.45) is 5.41 Å². The van der Waals surface area contributed by atoms with E-state index < -0.39 is 0 Å². The summed E-state index contributed by atoms with van der Waals surface area (Å²) in [6.07, 6.45) is 3.60. The molecule has 0 saturated carbocycles. The number of nitrogens with zero attached hydrogens (tertiary/aromatic N) is 2. The highest BCUT2D eigenvalue weighted by Crippen LogP contribution is 2.39. The zero-order chi connectivity index (χ0) is 18.4. The Kier molecular flexibility index (Phi) is 6.59. The van der Waals surface area contributed by atoms with Gasteiger partial charge in [0.15, 0.2) is 0 Å². The largest absolute Gasteiger partial charge is 0.383 e. The molecule has 0 N–H and O–H groups in total. The van der Waals surface area contributed by atoms with E-state index in [0.29, 0.717) is 25.3 Å². The predicted octanol–water partition coefficient (Wildman–Crippen LogP) is 2.66. The van der Waals surface area contributed by atoms with Crippen LogP contribution in [0.2, 0.25) is 0 Å². The van der Waals surface area contributed by atoms with Crippen molar-refractivity contribution in [1.82, 2.24) is 9.80 Å². The Morgan fingerprint density at radius 1 is 1.23 bits per heavy atom. The molecule has 1 aromatic carbocycles. The average molecular weight is 377 g/mol. The number of thioether (sulfide) groups is 1. The topological polar surface area (TPSA) is 49.9 Å². The predicted molar refractivity (Wildman–Crippen MR) is 103 cm³/mol. The van der Waals surface area contributed by atoms with Crippen molar-refractivity contribution >= 4 is 23.6 Å². The second kappa shape index (κ2) is 8.91. The molecule has 2 saturated heterocycles. The fourth-order valence-electron chi connectivity index (χ4n) is 4.01. The maximum atomic E-state index is 12.7. The molecule has 6 heteroatoms. The standard InChI is InChI=1S/C20H28N2O3S/c1-25-13-12-22-16-20(10-8-18(22)23)9-5-11-21(15-20)19(24)14-26-17-6-3-2-4-7-17/h2-4,6-7H,5,8-16H2,1H3/t20-/m0/s1. The van der Waals surface area contributed by atoms with E-state index in [4.69, 9.17) is 4.74 Å². The first-order valence-electron chi connectivity index (χ1n) is 9.34. The van der Waals surface area contributed by atoms with E-state index in [1.165, 1.54) is 0 Å². The Hall–Kier alpha value is -1.53. The molecule has 0 aliphatic carbocycles. The number of methoxy groups -OCH3 is 1. The summed E-state index contributed by atoms with van der Waals surface area (Å²) in [5.41, 5.74) is 0.0625. The molecule has 1 spiro atoms. The molecule has 2 amide bonds. The Morgan fingerprint density at radius 2 is 2.04 bits per heavy atom. The number of ether oxygens (including phenoxy) is 1. The van der Waals surface area contributed by atoms with Crippen molar-refractivity contribution in [1.29, 1.82) is 0 Å². The van der Waals surface area contributed by atoms with E-state index in [2.05, 4.69) is 0 Å². The minimum absolute atomic E-state index is 0.0625. The van der Waals surface area contributed by atoms with Gasteiger partial charge in [-0.3, -0.25) is 9.59 Å². The van der Waals surface area contributed by atoms with Crippen molar-refractivity contribution < 1.29 is 14.3 Å². The first kappa shape index (κ1) is 19.2. The number of rotatable bonds is 6. The summed E-state index contributed by atoms with van der Waals surface area (Å²) in [5, 5.41) is 0. The van der Waals surface area contributed by atoms with Crippen LogP contribution in [-0.2, 0) is 14.3 Å². The van der Waals surface area contributed by atoms with Crippen molar-refractivity contribution in [2.45, 2.75) is 30.6 Å². The number of amides is 2. The number of carbonyl (C=O) groups is 2. The molecule has 0 unspecified atom stereocenters. The Balaban J connectivity index is 1.57. The zero-order valence-electron chi connectivity index (χ0n) is 15.5. The maximum Gasteiger partial charge on any atom is 0.232 e. The third kappa shape index (κ3) is 4.80. The van der Waals surface area contributed by atoms with E-state index >= 15 is 0 Å². The molecule has 1 aromatic rings. The fraction of sp³-hybridized carbons (Fsp3) is 0.600. The van der Waals surface area contributed by atoms with Gasteiger partial charge in [0, 0.05) is 50.0 Å². The van der Waals surface area contributed by atoms with Gasteiger partial charge in [-0.1, -0.05) is 18.2 Å². The molecule has 0 aromatic heterocycles. The first-order chi connectivity index (χ1) is 12.6. The Bertz CT molecular complexity index is 625. The van der Waals surface area contributed by atoms with Gasteiger partial charge in [-0.25, -0.2) is 0 Å². The van der Waals surface area contributed by atoms with Crippen LogP contribution in [0.25, 0.3) is 0 Å². The van der Waals surface area contributed by atoms with Gasteiger partial charge in [0.2, 0.25) is 11.8 Å². The second-order valence-electron chi connectivity index (χ2n) is 7.33. The first-order valence-corrected chi connectivity index (χ1v) is 10.3. The van der Waals surface area contributed by atoms with Crippen LogP contribution in [0.3, 0.4) is 0 Å². The summed E-state index contributed by atoms with van der Waals surface area (Å²) in [7, 11) is 1.66. The van der Waals surface area contributed by atoms with Crippen molar-refractivity contribution in [3.63, 3.8) is 0 Å². The summed E-state index contributed by atoms with van der Waals surface area (Å²) >= 11 is 1.60. The molecule has 3 rings (SSSR count). The quantitative estimate of drug-likeness (QED) is 0.716. The lowest BCUT2D eigenvalue weighted by molar-refractivity contribution is -0.142. The highest BCUT2D eigenvalue weighted by atomic mass is 32.2. The van der Waals surface area contributed by atoms with E-state index in [9.17, 15) is 9.59 Å². The molecule has 2 heterocycles. The molecule has 142 valence electrons. The molecule has 2 fully saturated rings. The van der Waals surface area contributed by atoms with Gasteiger partial charge in [0.05, 0.1) is 12.4 Å². The van der Waals surface area contributed by atoms with Gasteiger partial charge in [-0.15, -0.1) is 11.8 Å². The monoisotopic (exact) mass is 376 g/mol. The molecule has 0 bridgehead atoms. The number of carbonyl (C=O) groups excluding carboxylic acids is 2. The lowest BCUT2D eigenvalue weighted by atomic mass is 9.73. The molecular formula is C20H28N2O3S. The van der Waals surface area contributed by atoms with E-state index in [-0.39, 0.29) is 17.2 Å². The molecule has 2 aliphatic heterocycles. The summed E-state index contributed by atoms with van der Waals surface area (Å²) in [6, 6.07) is 10.1. The molecular weight excluding hydrogens is 348 g/mol. The van der Waals surface area contributed by atoms with Crippen molar-refractivity contribution in [3.05, 3.63) is 30.3 Å². The molecule has 26 heavy (non-hydrogen) atoms. The van der Waals surface area contributed by atoms with Crippen LogP contribution >= 0.6 is 11.8 Å². The lowest BCUT2D eigenvalue weighted by Gasteiger charge is -2.48. The highest BCUT2D eigenvalue weighted by molar-refractivity contribution is 8.00. The zero-order valence-corrected chi connectivity index (χ0v) is 16.3. The van der Waals surface area contributed by atoms with Gasteiger partial charge in [0.1, 0.15) is 0 Å². The molecule has 2 aliphatic rings. The number of benzene rings is 1. The molecule has 1 atom stereocenters. The SMILES string of the molecule is COCCN1C[C@@]2(CCCN(C(=O)CSc3ccccc3)C2)CCC1=O. The van der Waals surface area contributed by atoms with Crippen LogP contribution in [0.4, 0.5) is 0 Å². The van der Waals surface area contributed by atoms with E-state index in [0.717, 1.165) is 43.8 Å². The summed E-state index contributed by atoms with van der Waals surface area (Å²) in [6.45, 7) is 3.58. The van der Waals surface area contributed by atoms with Crippen molar-refractivity contribution in [3.8, 4) is 0 Å². The van der Waals surface area contributed by atoms with Gasteiger partial charge in [-0.2, -0.15) is 0 Å². The third-order valence-electron chi connectivity index (χ3n) is 5.43. The van der Waals surface area contributed by atoms with Gasteiger partial charge >= 0.3 is 0 Å². The van der Waals surface area contributed by atoms with Gasteiger partial charge < -0.3 is 14.5 Å². The minimum atomic E-state index is 0.0625. The van der Waals surface area contributed by atoms with E-state index in [1.54, 1.807) is 18.9 Å². The smallest absolute Gasteiger partial charge is 0.232 e. The number of piperidine rings is 2. The molecule has 0 radical (unpaired) electrons. The minimum Gasteiger partial charge on any atom is -0.383 e. The highest BCUT2D eigenvalue weighted by Gasteiger charge is 2.42. The summed E-state index contributed by atoms with van der Waals surface area (Å²) < 4.78 is 5.14. The molecule has 5 nitrogen and oxygen atoms in total. The lowest BCUT2D eigenvalue weighted by Crippen LogP contribution is -2.55. The Morgan fingerprint density at radius 3 is 2.81 bits per heavy atom. The maximum absolute atomic E-state index is 12.7. The average Bonchev–Trinajstić information content (AvgIpc) is 2.68. The number of hydrogen-bond acceptors (Lipinski definition) is 4. The van der Waals surface area contributed by atoms with Gasteiger partial charge in [0.25, 0.3) is 0 Å². The van der Waals surface area contributed by atoms with E-state index in [1.807, 2.05) is 40.1 Å². The summed E-state index contributed by atoms with van der Waals surface area (Å²) in [4.78, 5) is 30.0. The van der Waals surface area contributed by atoms with Crippen molar-refractivity contribution in [2.75, 3.05) is 45.6 Å². The second-order valence-corrected chi connectivity index (χ2v) is 8.38. The van der Waals surface area contributed by atoms with Crippen LogP contribution in [-0.4, -0.2) is 67.3 Å². The van der Waals surface area contributed by atoms with Crippen LogP contribution < -0.4 is 0 Å². The fourth-order valence-corrected chi connectivity index (χ4v) is 4.84. The number of likely N-dealkylation sites (tertiary alicyclic amines) is 2. The van der Waals surface area contributed by atoms with Crippen LogP contribution in [0.5, 0.6) is 0 Å². The normalized spacial score (nSPS) is 23.5. The van der Waals surface area contributed by atoms with Crippen LogP contribution in [0.1, 0.15) is 25.7 Å². The van der Waals surface area contributed by atoms with Crippen LogP contribution in [0, 0.1) is 5.41 Å². The van der Waals surface area contributed by atoms with Crippen LogP contribution in [0.15, 0.2) is 35.2 Å².